The summed E-state index contributed by atoms with van der Waals surface area (Å²) in [4.78, 5) is 28.2. The van der Waals surface area contributed by atoms with Gasteiger partial charge in [0.05, 0.1) is 29.5 Å². The molecule has 1 N–H and O–H groups in total. The molecule has 0 fully saturated rings. The third-order valence-electron chi connectivity index (χ3n) is 5.05. The van der Waals surface area contributed by atoms with Crippen molar-refractivity contribution in [3.8, 4) is 11.5 Å². The second kappa shape index (κ2) is 9.38. The number of amides is 2. The number of carbonyl (C=O) groups is 2. The number of benzene rings is 3. The monoisotopic (exact) mass is 462 g/mol. The Kier molecular flexibility index (Phi) is 6.38. The Balaban J connectivity index is 1.80. The molecule has 0 saturated carbocycles. The van der Waals surface area contributed by atoms with E-state index in [1.165, 1.54) is 7.11 Å². The Morgan fingerprint density at radius 3 is 2.21 bits per heavy atom. The van der Waals surface area contributed by atoms with E-state index in [9.17, 15) is 9.59 Å². The van der Waals surface area contributed by atoms with Crippen LogP contribution < -0.4 is 19.7 Å². The number of nitrogens with one attached hydrogen (secondary N) is 1. The van der Waals surface area contributed by atoms with Crippen molar-refractivity contribution in [1.82, 2.24) is 0 Å². The summed E-state index contributed by atoms with van der Waals surface area (Å²) in [5.74, 6) is 0.201. The van der Waals surface area contributed by atoms with E-state index in [2.05, 4.69) is 5.32 Å². The topological polar surface area (TPSA) is 67.9 Å². The zero-order valence-corrected chi connectivity index (χ0v) is 19.2. The van der Waals surface area contributed by atoms with Crippen LogP contribution in [0.4, 0.5) is 11.4 Å². The fourth-order valence-corrected chi connectivity index (χ4v) is 3.85. The average molecular weight is 463 g/mol. The zero-order chi connectivity index (χ0) is 23.5. The summed E-state index contributed by atoms with van der Waals surface area (Å²) >= 11 is 6.33. The van der Waals surface area contributed by atoms with Crippen LogP contribution in [0.15, 0.2) is 78.5 Å². The van der Waals surface area contributed by atoms with Crippen molar-refractivity contribution in [3.05, 3.63) is 89.1 Å². The van der Waals surface area contributed by atoms with Crippen LogP contribution in [0.1, 0.15) is 19.4 Å². The molecule has 1 aliphatic rings. The van der Waals surface area contributed by atoms with Gasteiger partial charge < -0.3 is 14.8 Å². The molecule has 0 aliphatic carbocycles. The van der Waals surface area contributed by atoms with Crippen LogP contribution in [0.5, 0.6) is 11.5 Å². The minimum absolute atomic E-state index is 0.0434. The number of ether oxygens (including phenoxy) is 2. The highest BCUT2D eigenvalue weighted by molar-refractivity contribution is 6.48. The first kappa shape index (κ1) is 22.4. The van der Waals surface area contributed by atoms with Crippen LogP contribution in [0.2, 0.25) is 5.02 Å². The van der Waals surface area contributed by atoms with Gasteiger partial charge in [-0.15, -0.1) is 0 Å². The van der Waals surface area contributed by atoms with Crippen LogP contribution in [0, 0.1) is 0 Å². The van der Waals surface area contributed by atoms with Gasteiger partial charge in [-0.25, -0.2) is 4.90 Å². The molecule has 6 nitrogen and oxygen atoms in total. The number of anilines is 2. The smallest absolute Gasteiger partial charge is 0.282 e. The van der Waals surface area contributed by atoms with Crippen LogP contribution in [-0.4, -0.2) is 25.0 Å². The summed E-state index contributed by atoms with van der Waals surface area (Å²) in [5, 5.41) is 3.44. The molecule has 3 aromatic rings. The number of methoxy groups -OCH3 is 1. The minimum atomic E-state index is -0.503. The maximum atomic E-state index is 13.6. The lowest BCUT2D eigenvalue weighted by atomic mass is 10.0. The zero-order valence-electron chi connectivity index (χ0n) is 18.5. The summed E-state index contributed by atoms with van der Waals surface area (Å²) < 4.78 is 11.2. The van der Waals surface area contributed by atoms with Crippen LogP contribution >= 0.6 is 11.6 Å². The number of hydrogen-bond donors (Lipinski definition) is 1. The molecule has 7 heteroatoms. The van der Waals surface area contributed by atoms with Gasteiger partial charge in [0.2, 0.25) is 0 Å². The third kappa shape index (κ3) is 4.43. The Hall–Kier alpha value is -3.77. The maximum Gasteiger partial charge on any atom is 0.282 e. The highest BCUT2D eigenvalue weighted by Gasteiger charge is 2.41. The SMILES string of the molecule is COc1ccccc1C1=C(Nc2ccc(OC(C)C)cc2)C(=O)N(c2ccccc2Cl)C1=O. The van der Waals surface area contributed by atoms with Crippen LogP contribution in [0.3, 0.4) is 0 Å². The van der Waals surface area contributed by atoms with Crippen molar-refractivity contribution in [2.75, 3.05) is 17.3 Å². The van der Waals surface area contributed by atoms with Gasteiger partial charge in [-0.3, -0.25) is 9.59 Å². The molecule has 1 heterocycles. The molecule has 0 bridgehead atoms. The van der Waals surface area contributed by atoms with Crippen molar-refractivity contribution in [3.63, 3.8) is 0 Å². The fraction of sp³-hybridized carbons (Fsp3) is 0.154. The van der Waals surface area contributed by atoms with Crippen LogP contribution in [0.25, 0.3) is 5.57 Å². The van der Waals surface area contributed by atoms with E-state index >= 15 is 0 Å². The van der Waals surface area contributed by atoms with Gasteiger partial charge in [0, 0.05) is 11.3 Å². The van der Waals surface area contributed by atoms with E-state index < -0.39 is 11.8 Å². The third-order valence-corrected chi connectivity index (χ3v) is 5.37. The number of carbonyl (C=O) groups excluding carboxylic acids is 2. The van der Waals surface area contributed by atoms with Gasteiger partial charge in [0.1, 0.15) is 17.2 Å². The normalized spacial score (nSPS) is 13.7. The molecule has 0 radical (unpaired) electrons. The van der Waals surface area contributed by atoms with Gasteiger partial charge in [-0.1, -0.05) is 41.9 Å². The van der Waals surface area contributed by atoms with E-state index in [1.54, 1.807) is 72.8 Å². The van der Waals surface area contributed by atoms with Crippen molar-refractivity contribution in [1.29, 1.82) is 0 Å². The number of rotatable bonds is 7. The first-order valence-corrected chi connectivity index (χ1v) is 10.8. The molecular weight excluding hydrogens is 440 g/mol. The second-order valence-corrected chi connectivity index (χ2v) is 8.07. The Morgan fingerprint density at radius 2 is 1.55 bits per heavy atom. The number of halogens is 1. The molecule has 0 spiro atoms. The highest BCUT2D eigenvalue weighted by Crippen LogP contribution is 2.39. The van der Waals surface area contributed by atoms with E-state index in [1.807, 2.05) is 13.8 Å². The van der Waals surface area contributed by atoms with Gasteiger partial charge in [0.25, 0.3) is 11.8 Å². The standard InChI is InChI=1S/C26H23ClN2O4/c1-16(2)33-18-14-12-17(13-15-18)28-24-23(19-8-4-7-11-22(19)32-3)25(30)29(26(24)31)21-10-6-5-9-20(21)27/h4-16,28H,1-3H3. The second-order valence-electron chi connectivity index (χ2n) is 7.66. The van der Waals surface area contributed by atoms with Crippen molar-refractivity contribution < 1.29 is 19.1 Å². The Labute approximate surface area is 197 Å². The molecule has 33 heavy (non-hydrogen) atoms. The molecule has 0 aromatic heterocycles. The summed E-state index contributed by atoms with van der Waals surface area (Å²) in [6.07, 6.45) is 0.0434. The van der Waals surface area contributed by atoms with Gasteiger partial charge in [-0.05, 0) is 56.3 Å². The number of imide groups is 1. The predicted octanol–water partition coefficient (Wildman–Crippen LogP) is 5.53. The lowest BCUT2D eigenvalue weighted by Crippen LogP contribution is -2.32. The fourth-order valence-electron chi connectivity index (χ4n) is 3.63. The van der Waals surface area contributed by atoms with Crippen molar-refractivity contribution >= 4 is 40.4 Å². The summed E-state index contributed by atoms with van der Waals surface area (Å²) in [6, 6.07) is 21.0. The van der Waals surface area contributed by atoms with Gasteiger partial charge in [-0.2, -0.15) is 0 Å². The van der Waals surface area contributed by atoms with Crippen molar-refractivity contribution in [2.24, 2.45) is 0 Å². The van der Waals surface area contributed by atoms with Gasteiger partial charge >= 0.3 is 0 Å². The number of nitrogens with zero attached hydrogens (tertiary/aromatic N) is 1. The molecule has 1 aliphatic heterocycles. The molecular formula is C26H23ClN2O4. The van der Waals surface area contributed by atoms with Crippen LogP contribution in [-0.2, 0) is 9.59 Å². The largest absolute Gasteiger partial charge is 0.496 e. The molecule has 4 rings (SSSR count). The molecule has 3 aromatic carbocycles. The number of hydrogen-bond acceptors (Lipinski definition) is 5. The average Bonchev–Trinajstić information content (AvgIpc) is 3.04. The summed E-state index contributed by atoms with van der Waals surface area (Å²) in [6.45, 7) is 3.89. The predicted molar refractivity (Wildman–Crippen MR) is 130 cm³/mol. The molecule has 168 valence electrons. The Bertz CT molecular complexity index is 1240. The minimum Gasteiger partial charge on any atom is -0.496 e. The first-order valence-electron chi connectivity index (χ1n) is 10.5. The lowest BCUT2D eigenvalue weighted by Gasteiger charge is -2.17. The van der Waals surface area contributed by atoms with E-state index in [0.29, 0.717) is 33.5 Å². The summed E-state index contributed by atoms with van der Waals surface area (Å²) in [7, 11) is 1.52. The number of para-hydroxylation sites is 2. The van der Waals surface area contributed by atoms with E-state index in [4.69, 9.17) is 21.1 Å². The molecule has 0 unspecified atom stereocenters. The summed E-state index contributed by atoms with van der Waals surface area (Å²) in [5.41, 5.74) is 1.81. The van der Waals surface area contributed by atoms with Crippen molar-refractivity contribution in [2.45, 2.75) is 20.0 Å². The maximum absolute atomic E-state index is 13.6. The molecule has 2 amide bonds. The van der Waals surface area contributed by atoms with E-state index in [0.717, 1.165) is 4.90 Å². The molecule has 0 saturated heterocycles. The lowest BCUT2D eigenvalue weighted by molar-refractivity contribution is -0.120. The van der Waals surface area contributed by atoms with E-state index in [-0.39, 0.29) is 17.4 Å². The molecule has 0 atom stereocenters. The highest BCUT2D eigenvalue weighted by atomic mass is 35.5. The van der Waals surface area contributed by atoms with Gasteiger partial charge in [0.15, 0.2) is 0 Å². The first-order chi connectivity index (χ1) is 15.9. The Morgan fingerprint density at radius 1 is 0.879 bits per heavy atom. The quantitative estimate of drug-likeness (QED) is 0.467.